The summed E-state index contributed by atoms with van der Waals surface area (Å²) >= 11 is 0. The van der Waals surface area contributed by atoms with Gasteiger partial charge in [-0.25, -0.2) is 15.0 Å². The maximum atomic E-state index is 5.77. The van der Waals surface area contributed by atoms with Crippen LogP contribution in [0.3, 0.4) is 0 Å². The summed E-state index contributed by atoms with van der Waals surface area (Å²) in [5.41, 5.74) is 10.4. The minimum atomic E-state index is -0.252. The van der Waals surface area contributed by atoms with Crippen molar-refractivity contribution in [2.45, 2.75) is 31.4 Å². The van der Waals surface area contributed by atoms with Crippen molar-refractivity contribution in [2.24, 2.45) is 10.7 Å². The lowest BCUT2D eigenvalue weighted by Gasteiger charge is -2.23. The van der Waals surface area contributed by atoms with Gasteiger partial charge < -0.3 is 10.5 Å². The van der Waals surface area contributed by atoms with Crippen LogP contribution in [0.4, 0.5) is 0 Å². The number of nitrogens with zero attached hydrogens (tertiary/aromatic N) is 3. The number of aromatic nitrogens is 2. The van der Waals surface area contributed by atoms with E-state index in [2.05, 4.69) is 33.2 Å². The van der Waals surface area contributed by atoms with Crippen LogP contribution in [0.2, 0.25) is 0 Å². The topological polar surface area (TPSA) is 73.4 Å². The van der Waals surface area contributed by atoms with Gasteiger partial charge in [-0.05, 0) is 23.6 Å². The van der Waals surface area contributed by atoms with Crippen molar-refractivity contribution in [2.75, 3.05) is 0 Å². The average Bonchev–Trinajstić information content (AvgIpc) is 2.99. The van der Waals surface area contributed by atoms with E-state index in [0.29, 0.717) is 6.02 Å². The number of hydrogen-bond acceptors (Lipinski definition) is 5. The molecule has 5 heteroatoms. The van der Waals surface area contributed by atoms with Crippen molar-refractivity contribution in [3.63, 3.8) is 0 Å². The first-order chi connectivity index (χ1) is 10.2. The molecule has 4 rings (SSSR count). The third-order valence-corrected chi connectivity index (χ3v) is 4.51. The Labute approximate surface area is 122 Å². The predicted octanol–water partition coefficient (Wildman–Crippen LogP) is 1.71. The fraction of sp³-hybridized carbons (Fsp3) is 0.312. The van der Waals surface area contributed by atoms with Gasteiger partial charge in [-0.15, -0.1) is 0 Å². The fourth-order valence-electron chi connectivity index (χ4n) is 3.41. The normalized spacial score (nSPS) is 26.5. The summed E-state index contributed by atoms with van der Waals surface area (Å²) in [6.07, 6.45) is 6.96. The largest absolute Gasteiger partial charge is 0.460 e. The van der Waals surface area contributed by atoms with Crippen molar-refractivity contribution in [3.05, 3.63) is 48.0 Å². The Balaban J connectivity index is 1.81. The summed E-state index contributed by atoms with van der Waals surface area (Å²) in [7, 11) is 0. The van der Waals surface area contributed by atoms with Gasteiger partial charge in [-0.3, -0.25) is 0 Å². The van der Waals surface area contributed by atoms with Gasteiger partial charge in [0.25, 0.3) is 6.02 Å². The Morgan fingerprint density at radius 2 is 2.05 bits per heavy atom. The molecule has 1 aromatic heterocycles. The highest BCUT2D eigenvalue weighted by Gasteiger charge is 2.48. The van der Waals surface area contributed by atoms with Crippen LogP contribution in [0, 0.1) is 0 Å². The molecule has 0 saturated carbocycles. The zero-order chi connectivity index (χ0) is 14.4. The van der Waals surface area contributed by atoms with Gasteiger partial charge in [0, 0.05) is 30.8 Å². The average molecular weight is 280 g/mol. The first-order valence-corrected chi connectivity index (χ1v) is 7.06. The van der Waals surface area contributed by atoms with Crippen LogP contribution in [0.25, 0.3) is 11.1 Å². The van der Waals surface area contributed by atoms with Crippen molar-refractivity contribution in [1.29, 1.82) is 0 Å². The van der Waals surface area contributed by atoms with Gasteiger partial charge >= 0.3 is 0 Å². The second-order valence-electron chi connectivity index (χ2n) is 5.74. The van der Waals surface area contributed by atoms with E-state index < -0.39 is 0 Å². The standard InChI is InChI=1S/C16H16N4O/c1-10-16(20-15(17)21-10)5-11-3-2-4-13(14(11)6-16)12-7-18-9-19-8-12/h2-4,7-10H,5-6H2,1H3,(H2,17,20). The SMILES string of the molecule is CC1OC(N)=NC12Cc1cccc(-c3cncnc3)c1C2. The van der Waals surface area contributed by atoms with Crippen LogP contribution in [0.5, 0.6) is 0 Å². The Bertz CT molecular complexity index is 728. The lowest BCUT2D eigenvalue weighted by Crippen LogP contribution is -2.36. The van der Waals surface area contributed by atoms with Crippen LogP contribution in [-0.4, -0.2) is 27.6 Å². The molecule has 2 unspecified atom stereocenters. The number of amidine groups is 1. The number of rotatable bonds is 1. The van der Waals surface area contributed by atoms with E-state index in [-0.39, 0.29) is 11.6 Å². The van der Waals surface area contributed by atoms with Crippen LogP contribution >= 0.6 is 0 Å². The molecule has 1 spiro atoms. The monoisotopic (exact) mass is 280 g/mol. The zero-order valence-electron chi connectivity index (χ0n) is 11.8. The van der Waals surface area contributed by atoms with E-state index in [1.54, 1.807) is 6.33 Å². The van der Waals surface area contributed by atoms with E-state index in [4.69, 9.17) is 10.5 Å². The number of nitrogens with two attached hydrogens (primary N) is 1. The van der Waals surface area contributed by atoms with Gasteiger partial charge in [-0.2, -0.15) is 0 Å². The molecule has 106 valence electrons. The lowest BCUT2D eigenvalue weighted by molar-refractivity contribution is 0.157. The minimum Gasteiger partial charge on any atom is -0.460 e. The smallest absolute Gasteiger partial charge is 0.282 e. The minimum absolute atomic E-state index is 0.00442. The summed E-state index contributed by atoms with van der Waals surface area (Å²) in [5, 5.41) is 0. The highest BCUT2D eigenvalue weighted by Crippen LogP contribution is 2.42. The van der Waals surface area contributed by atoms with Crippen LogP contribution < -0.4 is 5.73 Å². The molecule has 2 aromatic rings. The van der Waals surface area contributed by atoms with E-state index in [9.17, 15) is 0 Å². The number of hydrogen-bond donors (Lipinski definition) is 1. The fourth-order valence-corrected chi connectivity index (χ4v) is 3.41. The van der Waals surface area contributed by atoms with E-state index in [1.165, 1.54) is 16.7 Å². The maximum Gasteiger partial charge on any atom is 0.282 e. The number of aliphatic imine (C=N–C) groups is 1. The van der Waals surface area contributed by atoms with Gasteiger partial charge in [0.15, 0.2) is 0 Å². The summed E-state index contributed by atoms with van der Waals surface area (Å²) in [4.78, 5) is 12.8. The molecule has 21 heavy (non-hydrogen) atoms. The molecule has 0 bridgehead atoms. The van der Waals surface area contributed by atoms with Gasteiger partial charge in [0.1, 0.15) is 18.0 Å². The Morgan fingerprint density at radius 1 is 1.24 bits per heavy atom. The summed E-state index contributed by atoms with van der Waals surface area (Å²) in [5.74, 6) is 0. The van der Waals surface area contributed by atoms with Crippen molar-refractivity contribution >= 4 is 6.02 Å². The Kier molecular flexibility index (Phi) is 2.51. The molecule has 0 fully saturated rings. The first kappa shape index (κ1) is 12.3. The molecular weight excluding hydrogens is 264 g/mol. The molecule has 1 aromatic carbocycles. The van der Waals surface area contributed by atoms with Crippen LogP contribution in [0.1, 0.15) is 18.1 Å². The molecule has 2 atom stereocenters. The van der Waals surface area contributed by atoms with E-state index in [0.717, 1.165) is 18.4 Å². The molecule has 0 radical (unpaired) electrons. The predicted molar refractivity (Wildman–Crippen MR) is 79.8 cm³/mol. The van der Waals surface area contributed by atoms with Gasteiger partial charge in [0.05, 0.1) is 0 Å². The van der Waals surface area contributed by atoms with Crippen LogP contribution in [-0.2, 0) is 17.6 Å². The quantitative estimate of drug-likeness (QED) is 0.863. The third kappa shape index (κ3) is 1.81. The molecular formula is C16H16N4O. The highest BCUT2D eigenvalue weighted by atomic mass is 16.5. The van der Waals surface area contributed by atoms with Gasteiger partial charge in [-0.1, -0.05) is 18.2 Å². The molecule has 0 saturated heterocycles. The number of fused-ring (bicyclic) bond motifs is 1. The van der Waals surface area contributed by atoms with Crippen molar-refractivity contribution in [3.8, 4) is 11.1 Å². The summed E-state index contributed by atoms with van der Waals surface area (Å²) in [6, 6.07) is 6.66. The van der Waals surface area contributed by atoms with Crippen molar-refractivity contribution < 1.29 is 4.74 Å². The summed E-state index contributed by atoms with van der Waals surface area (Å²) < 4.78 is 5.58. The maximum absolute atomic E-state index is 5.77. The molecule has 0 amide bonds. The molecule has 1 aliphatic carbocycles. The van der Waals surface area contributed by atoms with Crippen molar-refractivity contribution in [1.82, 2.24) is 9.97 Å². The van der Waals surface area contributed by atoms with E-state index in [1.807, 2.05) is 19.3 Å². The molecule has 2 heterocycles. The highest BCUT2D eigenvalue weighted by molar-refractivity contribution is 5.76. The third-order valence-electron chi connectivity index (χ3n) is 4.51. The second kappa shape index (κ2) is 4.28. The molecule has 1 aliphatic heterocycles. The Hall–Kier alpha value is -2.43. The number of ether oxygens (including phenoxy) is 1. The van der Waals surface area contributed by atoms with Crippen LogP contribution in [0.15, 0.2) is 41.9 Å². The molecule has 5 nitrogen and oxygen atoms in total. The second-order valence-corrected chi connectivity index (χ2v) is 5.74. The number of benzene rings is 1. The zero-order valence-corrected chi connectivity index (χ0v) is 11.8. The first-order valence-electron chi connectivity index (χ1n) is 7.06. The lowest BCUT2D eigenvalue weighted by atomic mass is 9.90. The van der Waals surface area contributed by atoms with E-state index >= 15 is 0 Å². The molecule has 2 N–H and O–H groups in total. The Morgan fingerprint density at radius 3 is 2.76 bits per heavy atom. The molecule has 2 aliphatic rings. The van der Waals surface area contributed by atoms with Gasteiger partial charge in [0.2, 0.25) is 0 Å². The summed E-state index contributed by atoms with van der Waals surface area (Å²) in [6.45, 7) is 2.04.